The summed E-state index contributed by atoms with van der Waals surface area (Å²) in [6.07, 6.45) is 0.992. The molecular weight excluding hydrogens is 428 g/mol. The van der Waals surface area contributed by atoms with Gasteiger partial charge in [-0.1, -0.05) is 23.2 Å². The third-order valence-electron chi connectivity index (χ3n) is 4.56. The molecule has 1 amide bonds. The van der Waals surface area contributed by atoms with Crippen LogP contribution in [0.15, 0.2) is 47.4 Å². The van der Waals surface area contributed by atoms with Gasteiger partial charge in [-0.25, -0.2) is 12.8 Å². The lowest BCUT2D eigenvalue weighted by atomic mass is 10.1. The first-order valence-electron chi connectivity index (χ1n) is 8.62. The van der Waals surface area contributed by atoms with E-state index in [1.807, 2.05) is 0 Å². The number of nitrogens with zero attached hydrogens (tertiary/aromatic N) is 1. The second-order valence-corrected chi connectivity index (χ2v) is 9.54. The summed E-state index contributed by atoms with van der Waals surface area (Å²) in [6, 6.07) is 9.39. The summed E-state index contributed by atoms with van der Waals surface area (Å²) in [5, 5.41) is -0.000891. The van der Waals surface area contributed by atoms with E-state index in [2.05, 4.69) is 0 Å². The van der Waals surface area contributed by atoms with Gasteiger partial charge >= 0.3 is 0 Å². The van der Waals surface area contributed by atoms with E-state index in [1.165, 1.54) is 23.1 Å². The Labute approximate surface area is 172 Å². The van der Waals surface area contributed by atoms with Crippen molar-refractivity contribution in [1.82, 2.24) is 4.90 Å². The fourth-order valence-corrected chi connectivity index (χ4v) is 5.27. The Kier molecular flexibility index (Phi) is 6.47. The molecule has 150 valence electrons. The second-order valence-electron chi connectivity index (χ2n) is 6.47. The maximum atomic E-state index is 13.1. The minimum absolute atomic E-state index is 0.0531. The molecular formula is C19H18Cl2FNO4S. The molecule has 1 heterocycles. The quantitative estimate of drug-likeness (QED) is 0.652. The van der Waals surface area contributed by atoms with Gasteiger partial charge in [-0.05, 0) is 55.3 Å². The van der Waals surface area contributed by atoms with E-state index in [0.29, 0.717) is 30.2 Å². The van der Waals surface area contributed by atoms with Crippen molar-refractivity contribution >= 4 is 38.9 Å². The van der Waals surface area contributed by atoms with Crippen LogP contribution in [0.5, 0.6) is 5.75 Å². The molecule has 3 rings (SSSR count). The van der Waals surface area contributed by atoms with Gasteiger partial charge < -0.3 is 9.64 Å². The molecule has 0 spiro atoms. The third-order valence-corrected chi connectivity index (χ3v) is 7.28. The largest absolute Gasteiger partial charge is 0.482 e. The number of amides is 1. The number of piperidine rings is 1. The van der Waals surface area contributed by atoms with E-state index in [9.17, 15) is 17.6 Å². The molecule has 9 heteroatoms. The van der Waals surface area contributed by atoms with Gasteiger partial charge in [0, 0.05) is 18.1 Å². The molecule has 28 heavy (non-hydrogen) atoms. The smallest absolute Gasteiger partial charge is 0.260 e. The highest BCUT2D eigenvalue weighted by Gasteiger charge is 2.33. The molecule has 1 atom stereocenters. The van der Waals surface area contributed by atoms with Crippen LogP contribution in [-0.2, 0) is 14.6 Å². The highest BCUT2D eigenvalue weighted by atomic mass is 35.5. The van der Waals surface area contributed by atoms with Crippen LogP contribution < -0.4 is 4.74 Å². The molecule has 1 saturated heterocycles. The van der Waals surface area contributed by atoms with Crippen molar-refractivity contribution in [3.8, 4) is 5.75 Å². The van der Waals surface area contributed by atoms with E-state index in [-0.39, 0.29) is 29.0 Å². The van der Waals surface area contributed by atoms with Crippen molar-refractivity contribution < 1.29 is 22.3 Å². The van der Waals surface area contributed by atoms with Gasteiger partial charge in [0.15, 0.2) is 16.4 Å². The van der Waals surface area contributed by atoms with E-state index < -0.39 is 20.9 Å². The molecule has 1 aliphatic heterocycles. The van der Waals surface area contributed by atoms with Gasteiger partial charge in [-0.2, -0.15) is 0 Å². The highest BCUT2D eigenvalue weighted by molar-refractivity contribution is 7.92. The minimum atomic E-state index is -3.66. The molecule has 1 aliphatic rings. The van der Waals surface area contributed by atoms with Crippen LogP contribution in [0.4, 0.5) is 4.39 Å². The van der Waals surface area contributed by atoms with Crippen LogP contribution in [0.25, 0.3) is 0 Å². The fourth-order valence-electron chi connectivity index (χ4n) is 3.06. The summed E-state index contributed by atoms with van der Waals surface area (Å²) >= 11 is 11.8. The number of sulfone groups is 1. The van der Waals surface area contributed by atoms with Crippen molar-refractivity contribution in [1.29, 1.82) is 0 Å². The number of hydrogen-bond donors (Lipinski definition) is 0. The molecule has 0 aromatic heterocycles. The lowest BCUT2D eigenvalue weighted by Crippen LogP contribution is -2.46. The van der Waals surface area contributed by atoms with Crippen molar-refractivity contribution in [2.45, 2.75) is 23.0 Å². The Hall–Kier alpha value is -1.83. The first-order chi connectivity index (χ1) is 13.3. The second kappa shape index (κ2) is 8.68. The number of hydrogen-bond acceptors (Lipinski definition) is 4. The number of benzene rings is 2. The Morgan fingerprint density at radius 3 is 2.57 bits per heavy atom. The Bertz CT molecular complexity index is 966. The van der Waals surface area contributed by atoms with Crippen molar-refractivity contribution in [2.24, 2.45) is 0 Å². The highest BCUT2D eigenvalue weighted by Crippen LogP contribution is 2.28. The van der Waals surface area contributed by atoms with Gasteiger partial charge in [0.05, 0.1) is 15.2 Å². The molecule has 0 aliphatic carbocycles. The van der Waals surface area contributed by atoms with Crippen molar-refractivity contribution in [3.63, 3.8) is 0 Å². The molecule has 0 unspecified atom stereocenters. The zero-order valence-corrected chi connectivity index (χ0v) is 17.1. The van der Waals surface area contributed by atoms with Gasteiger partial charge in [-0.15, -0.1) is 0 Å². The van der Waals surface area contributed by atoms with Gasteiger partial charge in [0.2, 0.25) is 0 Å². The normalized spacial score (nSPS) is 17.4. The topological polar surface area (TPSA) is 63.7 Å². The van der Waals surface area contributed by atoms with Crippen LogP contribution >= 0.6 is 23.2 Å². The Balaban J connectivity index is 1.65. The average Bonchev–Trinajstić information content (AvgIpc) is 2.67. The molecule has 1 fully saturated rings. The van der Waals surface area contributed by atoms with E-state index in [4.69, 9.17) is 27.9 Å². The lowest BCUT2D eigenvalue weighted by Gasteiger charge is -2.32. The third kappa shape index (κ3) is 4.77. The standard InChI is InChI=1S/C19H18Cl2FNO4S/c20-13-3-8-18(17(21)10-13)27-12-19(24)23-9-1-2-16(11-23)28(25,26)15-6-4-14(22)5-7-15/h3-8,10,16H,1-2,9,11-12H2/t16-/m1/s1. The molecule has 2 aromatic carbocycles. The first kappa shape index (κ1) is 20.9. The summed E-state index contributed by atoms with van der Waals surface area (Å²) in [7, 11) is -3.66. The monoisotopic (exact) mass is 445 g/mol. The van der Waals surface area contributed by atoms with Crippen LogP contribution in [0.1, 0.15) is 12.8 Å². The van der Waals surface area contributed by atoms with Crippen LogP contribution in [-0.4, -0.2) is 44.2 Å². The maximum Gasteiger partial charge on any atom is 0.260 e. The van der Waals surface area contributed by atoms with E-state index >= 15 is 0 Å². The molecule has 2 aromatic rings. The summed E-state index contributed by atoms with van der Waals surface area (Å²) in [5.74, 6) is -0.505. The van der Waals surface area contributed by atoms with Gasteiger partial charge in [0.1, 0.15) is 11.6 Å². The number of likely N-dealkylation sites (tertiary alicyclic amines) is 1. The van der Waals surface area contributed by atoms with Crippen LogP contribution in [0.3, 0.4) is 0 Å². The molecule has 0 N–H and O–H groups in total. The number of carbonyl (C=O) groups excluding carboxylic acids is 1. The fraction of sp³-hybridized carbons (Fsp3) is 0.316. The number of ether oxygens (including phenoxy) is 1. The van der Waals surface area contributed by atoms with Crippen LogP contribution in [0, 0.1) is 5.82 Å². The summed E-state index contributed by atoms with van der Waals surface area (Å²) < 4.78 is 44.1. The van der Waals surface area contributed by atoms with E-state index in [0.717, 1.165) is 12.1 Å². The zero-order chi connectivity index (χ0) is 20.3. The summed E-state index contributed by atoms with van der Waals surface area (Å²) in [4.78, 5) is 14.0. The van der Waals surface area contributed by atoms with Crippen molar-refractivity contribution in [3.05, 3.63) is 58.3 Å². The van der Waals surface area contributed by atoms with Gasteiger partial charge in [-0.3, -0.25) is 4.79 Å². The Morgan fingerprint density at radius 2 is 1.89 bits per heavy atom. The average molecular weight is 446 g/mol. The molecule has 0 radical (unpaired) electrons. The Morgan fingerprint density at radius 1 is 1.18 bits per heavy atom. The molecule has 0 bridgehead atoms. The molecule has 0 saturated carbocycles. The molecule has 5 nitrogen and oxygen atoms in total. The van der Waals surface area contributed by atoms with Crippen molar-refractivity contribution in [2.75, 3.05) is 19.7 Å². The first-order valence-corrected chi connectivity index (χ1v) is 10.9. The predicted octanol–water partition coefficient (Wildman–Crippen LogP) is 3.98. The maximum absolute atomic E-state index is 13.1. The zero-order valence-electron chi connectivity index (χ0n) is 14.8. The summed E-state index contributed by atoms with van der Waals surface area (Å²) in [5.41, 5.74) is 0. The van der Waals surface area contributed by atoms with E-state index in [1.54, 1.807) is 12.1 Å². The number of carbonyl (C=O) groups is 1. The minimum Gasteiger partial charge on any atom is -0.482 e. The summed E-state index contributed by atoms with van der Waals surface area (Å²) in [6.45, 7) is 0.257. The van der Waals surface area contributed by atoms with Crippen LogP contribution in [0.2, 0.25) is 10.0 Å². The number of halogens is 3. The number of rotatable bonds is 5. The predicted molar refractivity (Wildman–Crippen MR) is 105 cm³/mol. The SMILES string of the molecule is O=C(COc1ccc(Cl)cc1Cl)N1CCC[C@@H](S(=O)(=O)c2ccc(F)cc2)C1. The lowest BCUT2D eigenvalue weighted by molar-refractivity contribution is -0.134. The van der Waals surface area contributed by atoms with Gasteiger partial charge in [0.25, 0.3) is 5.91 Å².